The van der Waals surface area contributed by atoms with Gasteiger partial charge in [-0.2, -0.15) is 0 Å². The van der Waals surface area contributed by atoms with Gasteiger partial charge in [0.05, 0.1) is 0 Å². The van der Waals surface area contributed by atoms with Crippen LogP contribution in [0.15, 0.2) is 231 Å². The maximum absolute atomic E-state index is 13.0. The third kappa shape index (κ3) is 8.05. The van der Waals surface area contributed by atoms with Crippen molar-refractivity contribution in [1.82, 2.24) is 15.0 Å². The summed E-state index contributed by atoms with van der Waals surface area (Å²) in [5, 5.41) is 5.83. The first kappa shape index (κ1) is 46.5. The quantitative estimate of drug-likeness (QED) is 0.101. The SMILES string of the molecule is CP(C)(=O)c1ccc(-c2c3ccccc3c(-c3ccc(C4(c5ccc(-c6nc(-c7ccccc7)nc(-c7ccc(-c8ccc(-c9ccccc9)cc8)cc7)n6)cc5)C5CC6CC(C5)CC4C6)cc3)c3ccccc23)cc1. The second kappa shape index (κ2) is 18.7. The molecule has 4 nitrogen and oxygen atoms in total. The normalized spacial score (nSPS) is 19.8. The number of benzene rings is 10. The van der Waals surface area contributed by atoms with Crippen molar-refractivity contribution in [2.75, 3.05) is 13.3 Å². The van der Waals surface area contributed by atoms with Gasteiger partial charge in [-0.3, -0.25) is 0 Å². The standard InChI is InChI=1S/C71H58N3OP/c1-76(2,75)61-39-33-53(34-40-61)67-64-19-11-9-17-62(64)66(63-18-10-12-20-65(63)67)52-29-35-57(36-30-52)71(59-42-46-41-47(44-59)45-60(71)43-46)58-37-31-56(32-38-58)70-73-68(54-15-7-4-8-16-54)72-69(74-70)55-27-25-51(26-28-55)50-23-21-49(22-24-50)48-13-5-3-6-14-48/h3-40,46-47,59-60H,41-45H2,1-2H3. The Morgan fingerprint density at radius 3 is 1.00 bits per heavy atom. The minimum Gasteiger partial charge on any atom is -0.319 e. The zero-order valence-electron chi connectivity index (χ0n) is 43.0. The highest BCUT2D eigenvalue weighted by Crippen LogP contribution is 2.65. The molecule has 0 unspecified atom stereocenters. The highest BCUT2D eigenvalue weighted by molar-refractivity contribution is 7.70. The van der Waals surface area contributed by atoms with Crippen LogP contribution in [0.1, 0.15) is 43.2 Å². The molecule has 1 aromatic heterocycles. The Hall–Kier alpha value is -8.04. The molecule has 4 bridgehead atoms. The fourth-order valence-corrected chi connectivity index (χ4v) is 15.1. The van der Waals surface area contributed by atoms with Crippen LogP contribution in [-0.2, 0) is 9.98 Å². The minimum atomic E-state index is -2.38. The lowest BCUT2D eigenvalue weighted by Crippen LogP contribution is -2.56. The van der Waals surface area contributed by atoms with Crippen LogP contribution in [0.3, 0.4) is 0 Å². The van der Waals surface area contributed by atoms with E-state index in [1.165, 1.54) is 98.2 Å². The monoisotopic (exact) mass is 999 g/mol. The van der Waals surface area contributed by atoms with E-state index in [1.54, 1.807) is 0 Å². The predicted molar refractivity (Wildman–Crippen MR) is 316 cm³/mol. The Labute approximate surface area is 446 Å². The fraction of sp³-hybridized carbons (Fsp3) is 0.169. The number of hydrogen-bond donors (Lipinski definition) is 0. The van der Waals surface area contributed by atoms with Gasteiger partial charge in [-0.1, -0.05) is 231 Å². The summed E-state index contributed by atoms with van der Waals surface area (Å²) < 4.78 is 13.0. The van der Waals surface area contributed by atoms with E-state index in [2.05, 4.69) is 212 Å². The zero-order valence-corrected chi connectivity index (χ0v) is 43.9. The van der Waals surface area contributed by atoms with Crippen molar-refractivity contribution in [3.8, 4) is 78.7 Å². The summed E-state index contributed by atoms with van der Waals surface area (Å²) in [6.07, 6.45) is 6.55. The summed E-state index contributed by atoms with van der Waals surface area (Å²) >= 11 is 0. The topological polar surface area (TPSA) is 55.7 Å². The van der Waals surface area contributed by atoms with Crippen molar-refractivity contribution in [3.05, 3.63) is 242 Å². The molecule has 0 atom stereocenters. The molecule has 4 aliphatic carbocycles. The lowest BCUT2D eigenvalue weighted by molar-refractivity contribution is -0.0418. The predicted octanol–water partition coefficient (Wildman–Crippen LogP) is 17.8. The molecule has 368 valence electrons. The summed E-state index contributed by atoms with van der Waals surface area (Å²) in [4.78, 5) is 15.5. The Bertz CT molecular complexity index is 3910. The number of hydrogen-bond acceptors (Lipinski definition) is 4. The van der Waals surface area contributed by atoms with Gasteiger partial charge in [0.2, 0.25) is 0 Å². The summed E-state index contributed by atoms with van der Waals surface area (Å²) in [5.74, 6) is 4.81. The van der Waals surface area contributed by atoms with Gasteiger partial charge in [0.15, 0.2) is 17.5 Å². The van der Waals surface area contributed by atoms with E-state index < -0.39 is 7.14 Å². The van der Waals surface area contributed by atoms with Crippen LogP contribution in [0.2, 0.25) is 0 Å². The van der Waals surface area contributed by atoms with Crippen LogP contribution in [0.25, 0.3) is 100 Å². The minimum absolute atomic E-state index is 0.0886. The third-order valence-corrected chi connectivity index (χ3v) is 19.1. The Morgan fingerprint density at radius 1 is 0.329 bits per heavy atom. The van der Waals surface area contributed by atoms with Crippen LogP contribution >= 0.6 is 7.14 Å². The second-order valence-electron chi connectivity index (χ2n) is 22.3. The van der Waals surface area contributed by atoms with E-state index in [9.17, 15) is 4.57 Å². The molecule has 0 aliphatic heterocycles. The van der Waals surface area contributed by atoms with Crippen LogP contribution in [0.4, 0.5) is 0 Å². The van der Waals surface area contributed by atoms with Gasteiger partial charge >= 0.3 is 0 Å². The van der Waals surface area contributed by atoms with Crippen molar-refractivity contribution in [1.29, 1.82) is 0 Å². The molecule has 5 heteroatoms. The summed E-state index contributed by atoms with van der Waals surface area (Å²) in [6, 6.07) is 83.6. The van der Waals surface area contributed by atoms with E-state index in [4.69, 9.17) is 15.0 Å². The molecule has 76 heavy (non-hydrogen) atoms. The molecular weight excluding hydrogens is 942 g/mol. The van der Waals surface area contributed by atoms with Gasteiger partial charge in [-0.15, -0.1) is 0 Å². The molecule has 0 radical (unpaired) electrons. The first-order valence-corrected chi connectivity index (χ1v) is 29.7. The molecular formula is C71H58N3OP. The average molecular weight is 1000 g/mol. The first-order valence-electron chi connectivity index (χ1n) is 27.1. The molecule has 4 aliphatic rings. The third-order valence-electron chi connectivity index (χ3n) is 17.5. The van der Waals surface area contributed by atoms with E-state index in [0.717, 1.165) is 45.0 Å². The molecule has 1 heterocycles. The van der Waals surface area contributed by atoms with Crippen LogP contribution in [-0.4, -0.2) is 28.3 Å². The summed E-state index contributed by atoms with van der Waals surface area (Å²) in [5.41, 5.74) is 15.3. The fourth-order valence-electron chi connectivity index (χ4n) is 14.2. The van der Waals surface area contributed by atoms with Gasteiger partial charge in [0.25, 0.3) is 0 Å². The van der Waals surface area contributed by atoms with E-state index in [1.807, 2.05) is 31.5 Å². The Balaban J connectivity index is 0.830. The molecule has 4 fully saturated rings. The van der Waals surface area contributed by atoms with Gasteiger partial charge in [-0.25, -0.2) is 15.0 Å². The highest BCUT2D eigenvalue weighted by Gasteiger charge is 2.58. The lowest BCUT2D eigenvalue weighted by Gasteiger charge is -2.62. The van der Waals surface area contributed by atoms with Gasteiger partial charge in [0.1, 0.15) is 7.14 Å². The van der Waals surface area contributed by atoms with Crippen molar-refractivity contribution in [2.45, 2.75) is 37.5 Å². The maximum Gasteiger partial charge on any atom is 0.164 e. The zero-order chi connectivity index (χ0) is 51.0. The van der Waals surface area contributed by atoms with Crippen molar-refractivity contribution in [2.24, 2.45) is 23.7 Å². The molecule has 0 spiro atoms. The Kier molecular flexibility index (Phi) is 11.4. The molecule has 0 N–H and O–H groups in total. The average Bonchev–Trinajstić information content (AvgIpc) is 3.48. The largest absolute Gasteiger partial charge is 0.319 e. The van der Waals surface area contributed by atoms with E-state index in [-0.39, 0.29) is 5.41 Å². The number of rotatable bonds is 10. The second-order valence-corrected chi connectivity index (χ2v) is 25.5. The van der Waals surface area contributed by atoms with Crippen molar-refractivity contribution < 1.29 is 4.57 Å². The van der Waals surface area contributed by atoms with Gasteiger partial charge in [-0.05, 0) is 146 Å². The molecule has 11 aromatic rings. The van der Waals surface area contributed by atoms with E-state index in [0.29, 0.717) is 29.3 Å². The molecule has 0 amide bonds. The first-order chi connectivity index (χ1) is 37.2. The maximum atomic E-state index is 13.0. The van der Waals surface area contributed by atoms with Crippen LogP contribution in [0.5, 0.6) is 0 Å². The Morgan fingerprint density at radius 2 is 0.618 bits per heavy atom. The number of aromatic nitrogens is 3. The van der Waals surface area contributed by atoms with E-state index >= 15 is 0 Å². The molecule has 10 aromatic carbocycles. The van der Waals surface area contributed by atoms with Crippen molar-refractivity contribution >= 4 is 34.0 Å². The molecule has 0 saturated heterocycles. The smallest absolute Gasteiger partial charge is 0.164 e. The van der Waals surface area contributed by atoms with Gasteiger partial charge < -0.3 is 4.57 Å². The van der Waals surface area contributed by atoms with Gasteiger partial charge in [0, 0.05) is 27.4 Å². The number of fused-ring (bicyclic) bond motifs is 2. The number of nitrogens with zero attached hydrogens (tertiary/aromatic N) is 3. The molecule has 4 saturated carbocycles. The van der Waals surface area contributed by atoms with Crippen molar-refractivity contribution in [3.63, 3.8) is 0 Å². The van der Waals surface area contributed by atoms with Crippen LogP contribution < -0.4 is 5.30 Å². The summed E-state index contributed by atoms with van der Waals surface area (Å²) in [6.45, 7) is 3.69. The van der Waals surface area contributed by atoms with Crippen LogP contribution in [0, 0.1) is 23.7 Å². The molecule has 15 rings (SSSR count). The lowest BCUT2D eigenvalue weighted by atomic mass is 9.42. The summed E-state index contributed by atoms with van der Waals surface area (Å²) in [7, 11) is -2.38. The highest BCUT2D eigenvalue weighted by atomic mass is 31.2.